The second-order valence-electron chi connectivity index (χ2n) is 7.90. The minimum Gasteiger partial charge on any atom is -0.303 e. The predicted octanol–water partition coefficient (Wildman–Crippen LogP) is 6.07. The molecule has 4 heteroatoms. The molecule has 0 saturated carbocycles. The van der Waals surface area contributed by atoms with E-state index < -0.39 is 0 Å². The van der Waals surface area contributed by atoms with E-state index in [1.807, 2.05) is 12.1 Å². The highest BCUT2D eigenvalue weighted by Crippen LogP contribution is 2.31. The van der Waals surface area contributed by atoms with E-state index in [-0.39, 0.29) is 0 Å². The standard InChI is InChI=1S/C24H30ClN3/c1-2-28-24(18-23(26-28)20-8-10-22(25)11-9-20)21-13-16-27(17-14-21)15-12-19-6-4-3-5-7-19/h4,6-11,18,21H,2-3,5,12-17H2,1H3. The molecular formula is C24H30ClN3. The number of benzene rings is 1. The van der Waals surface area contributed by atoms with Crippen LogP contribution < -0.4 is 0 Å². The van der Waals surface area contributed by atoms with Gasteiger partial charge in [-0.05, 0) is 70.3 Å². The molecule has 1 aliphatic heterocycles. The van der Waals surface area contributed by atoms with Gasteiger partial charge in [0.2, 0.25) is 0 Å². The van der Waals surface area contributed by atoms with Crippen molar-refractivity contribution in [2.24, 2.45) is 0 Å². The number of likely N-dealkylation sites (tertiary alicyclic amines) is 1. The molecule has 28 heavy (non-hydrogen) atoms. The van der Waals surface area contributed by atoms with Crippen molar-refractivity contribution in [3.63, 3.8) is 0 Å². The number of hydrogen-bond acceptors (Lipinski definition) is 2. The van der Waals surface area contributed by atoms with Gasteiger partial charge in [0.1, 0.15) is 0 Å². The summed E-state index contributed by atoms with van der Waals surface area (Å²) in [6.45, 7) is 6.66. The third-order valence-corrected chi connectivity index (χ3v) is 6.30. The van der Waals surface area contributed by atoms with E-state index >= 15 is 0 Å². The minimum atomic E-state index is 0.610. The maximum Gasteiger partial charge on any atom is 0.0926 e. The van der Waals surface area contributed by atoms with E-state index in [0.29, 0.717) is 5.92 Å². The lowest BCUT2D eigenvalue weighted by Gasteiger charge is -2.32. The molecule has 148 valence electrons. The highest BCUT2D eigenvalue weighted by atomic mass is 35.5. The van der Waals surface area contributed by atoms with Crippen molar-refractivity contribution in [3.05, 3.63) is 64.8 Å². The molecule has 3 nitrogen and oxygen atoms in total. The number of rotatable bonds is 6. The maximum atomic E-state index is 6.04. The Bertz CT molecular complexity index is 839. The van der Waals surface area contributed by atoms with Crippen LogP contribution in [0.15, 0.2) is 54.1 Å². The molecule has 0 spiro atoms. The summed E-state index contributed by atoms with van der Waals surface area (Å²) in [6, 6.07) is 10.3. The van der Waals surface area contributed by atoms with Crippen LogP contribution in [-0.2, 0) is 6.54 Å². The zero-order valence-electron chi connectivity index (χ0n) is 16.8. The molecule has 0 bridgehead atoms. The van der Waals surface area contributed by atoms with Crippen LogP contribution in [0.1, 0.15) is 50.6 Å². The van der Waals surface area contributed by atoms with Crippen LogP contribution in [0.2, 0.25) is 5.02 Å². The fraction of sp³-hybridized carbons (Fsp3) is 0.458. The number of hydrogen-bond donors (Lipinski definition) is 0. The predicted molar refractivity (Wildman–Crippen MR) is 118 cm³/mol. The SMILES string of the molecule is CCn1nc(-c2ccc(Cl)cc2)cc1C1CCN(CCC2=CCCC=C2)CC1. The van der Waals surface area contributed by atoms with Gasteiger partial charge in [-0.15, -0.1) is 0 Å². The molecule has 0 radical (unpaired) electrons. The van der Waals surface area contributed by atoms with Crippen LogP contribution in [0.3, 0.4) is 0 Å². The Hall–Kier alpha value is -1.84. The normalized spacial score (nSPS) is 18.4. The molecule has 0 atom stereocenters. The van der Waals surface area contributed by atoms with Crippen LogP contribution in [0, 0.1) is 0 Å². The lowest BCUT2D eigenvalue weighted by Crippen LogP contribution is -2.34. The maximum absolute atomic E-state index is 6.04. The molecule has 2 heterocycles. The third-order valence-electron chi connectivity index (χ3n) is 6.04. The van der Waals surface area contributed by atoms with Crippen molar-refractivity contribution in [3.8, 4) is 11.3 Å². The van der Waals surface area contributed by atoms with Gasteiger partial charge < -0.3 is 4.90 Å². The molecule has 1 aromatic heterocycles. The molecule has 4 rings (SSSR count). The van der Waals surface area contributed by atoms with Gasteiger partial charge in [0.15, 0.2) is 0 Å². The van der Waals surface area contributed by atoms with Crippen LogP contribution in [-0.4, -0.2) is 34.3 Å². The van der Waals surface area contributed by atoms with Crippen LogP contribution >= 0.6 is 11.6 Å². The highest BCUT2D eigenvalue weighted by molar-refractivity contribution is 6.30. The molecule has 0 amide bonds. The molecule has 2 aromatic rings. The minimum absolute atomic E-state index is 0.610. The summed E-state index contributed by atoms with van der Waals surface area (Å²) >= 11 is 6.04. The van der Waals surface area contributed by atoms with E-state index in [0.717, 1.165) is 22.8 Å². The lowest BCUT2D eigenvalue weighted by molar-refractivity contribution is 0.211. The average Bonchev–Trinajstić information content (AvgIpc) is 3.18. The zero-order valence-corrected chi connectivity index (χ0v) is 17.5. The smallest absolute Gasteiger partial charge is 0.0926 e. The summed E-state index contributed by atoms with van der Waals surface area (Å²) in [5.41, 5.74) is 5.12. The Kier molecular flexibility index (Phi) is 6.33. The topological polar surface area (TPSA) is 21.1 Å². The number of halogens is 1. The van der Waals surface area contributed by atoms with Crippen molar-refractivity contribution in [1.29, 1.82) is 0 Å². The van der Waals surface area contributed by atoms with Gasteiger partial charge in [-0.3, -0.25) is 4.68 Å². The molecule has 1 aliphatic carbocycles. The Morgan fingerprint density at radius 2 is 1.89 bits per heavy atom. The van der Waals surface area contributed by atoms with Crippen LogP contribution in [0.4, 0.5) is 0 Å². The van der Waals surface area contributed by atoms with Crippen molar-refractivity contribution < 1.29 is 0 Å². The number of allylic oxidation sites excluding steroid dienone is 3. The summed E-state index contributed by atoms with van der Waals surface area (Å²) in [7, 11) is 0. The van der Waals surface area contributed by atoms with Crippen molar-refractivity contribution in [2.45, 2.75) is 51.5 Å². The highest BCUT2D eigenvalue weighted by Gasteiger charge is 2.24. The van der Waals surface area contributed by atoms with Gasteiger partial charge in [-0.2, -0.15) is 5.10 Å². The number of aromatic nitrogens is 2. The van der Waals surface area contributed by atoms with Crippen molar-refractivity contribution in [2.75, 3.05) is 19.6 Å². The number of piperidine rings is 1. The lowest BCUT2D eigenvalue weighted by atomic mass is 9.92. The van der Waals surface area contributed by atoms with Gasteiger partial charge in [-0.25, -0.2) is 0 Å². The van der Waals surface area contributed by atoms with E-state index in [9.17, 15) is 0 Å². The Labute approximate surface area is 173 Å². The summed E-state index contributed by atoms with van der Waals surface area (Å²) in [5.74, 6) is 0.610. The number of aryl methyl sites for hydroxylation is 1. The summed E-state index contributed by atoms with van der Waals surface area (Å²) < 4.78 is 2.20. The molecule has 1 fully saturated rings. The summed E-state index contributed by atoms with van der Waals surface area (Å²) in [6.07, 6.45) is 13.1. The van der Waals surface area contributed by atoms with Crippen LogP contribution in [0.25, 0.3) is 11.3 Å². The number of nitrogens with zero attached hydrogens (tertiary/aromatic N) is 3. The molecule has 0 unspecified atom stereocenters. The Balaban J connectivity index is 1.38. The Morgan fingerprint density at radius 3 is 2.57 bits per heavy atom. The second-order valence-corrected chi connectivity index (χ2v) is 8.34. The first-order valence-electron chi connectivity index (χ1n) is 10.6. The monoisotopic (exact) mass is 395 g/mol. The molecular weight excluding hydrogens is 366 g/mol. The summed E-state index contributed by atoms with van der Waals surface area (Å²) in [4.78, 5) is 2.63. The van der Waals surface area contributed by atoms with Gasteiger partial charge in [0, 0.05) is 35.3 Å². The zero-order chi connectivity index (χ0) is 19.3. The Morgan fingerprint density at radius 1 is 1.11 bits per heavy atom. The van der Waals surface area contributed by atoms with E-state index in [4.69, 9.17) is 16.7 Å². The summed E-state index contributed by atoms with van der Waals surface area (Å²) in [5, 5.41) is 5.63. The van der Waals surface area contributed by atoms with Gasteiger partial charge in [0.05, 0.1) is 5.69 Å². The first-order chi connectivity index (χ1) is 13.7. The van der Waals surface area contributed by atoms with Gasteiger partial charge in [-0.1, -0.05) is 47.5 Å². The van der Waals surface area contributed by atoms with Crippen molar-refractivity contribution >= 4 is 11.6 Å². The largest absolute Gasteiger partial charge is 0.303 e. The third kappa shape index (κ3) is 4.59. The molecule has 0 N–H and O–H groups in total. The second kappa shape index (κ2) is 9.11. The van der Waals surface area contributed by atoms with Crippen molar-refractivity contribution in [1.82, 2.24) is 14.7 Å². The van der Waals surface area contributed by atoms with E-state index in [1.165, 1.54) is 63.0 Å². The first kappa shape index (κ1) is 19.5. The van der Waals surface area contributed by atoms with Gasteiger partial charge >= 0.3 is 0 Å². The van der Waals surface area contributed by atoms with Crippen LogP contribution in [0.5, 0.6) is 0 Å². The molecule has 1 saturated heterocycles. The molecule has 1 aromatic carbocycles. The molecule has 2 aliphatic rings. The fourth-order valence-corrected chi connectivity index (χ4v) is 4.49. The fourth-order valence-electron chi connectivity index (χ4n) is 4.37. The first-order valence-corrected chi connectivity index (χ1v) is 11.0. The van der Waals surface area contributed by atoms with Gasteiger partial charge in [0.25, 0.3) is 0 Å². The quantitative estimate of drug-likeness (QED) is 0.591. The average molecular weight is 396 g/mol. The van der Waals surface area contributed by atoms with E-state index in [2.05, 4.69) is 52.9 Å². The van der Waals surface area contributed by atoms with E-state index in [1.54, 1.807) is 0 Å².